The van der Waals surface area contributed by atoms with E-state index in [0.717, 1.165) is 5.56 Å². The van der Waals surface area contributed by atoms with Gasteiger partial charge < -0.3 is 0 Å². The van der Waals surface area contributed by atoms with E-state index in [9.17, 15) is 0 Å². The smallest absolute Gasteiger partial charge is 0.0991 e. The van der Waals surface area contributed by atoms with Crippen LogP contribution in [-0.4, -0.2) is 0 Å². The maximum absolute atomic E-state index is 8.57. The van der Waals surface area contributed by atoms with Gasteiger partial charge in [0.1, 0.15) is 0 Å². The summed E-state index contributed by atoms with van der Waals surface area (Å²) in [6.45, 7) is 5.89. The van der Waals surface area contributed by atoms with Crippen molar-refractivity contribution in [2.45, 2.75) is 12.8 Å². The van der Waals surface area contributed by atoms with E-state index in [-0.39, 0.29) is 5.92 Å². The first-order valence-electron chi connectivity index (χ1n) is 3.57. The second-order valence-corrected chi connectivity index (χ2v) is 2.64. The molecule has 55 valence electrons. The highest BCUT2D eigenvalue weighted by Crippen LogP contribution is 2.14. The van der Waals surface area contributed by atoms with E-state index in [1.807, 2.05) is 25.1 Å². The van der Waals surface area contributed by atoms with E-state index in [1.54, 1.807) is 6.07 Å². The van der Waals surface area contributed by atoms with Crippen molar-refractivity contribution in [1.82, 2.24) is 0 Å². The molecule has 0 heterocycles. The van der Waals surface area contributed by atoms with Crippen LogP contribution >= 0.6 is 0 Å². The number of nitrogens with zero attached hydrogens (tertiary/aromatic N) is 1. The molecule has 0 N–H and O–H groups in total. The lowest BCUT2D eigenvalue weighted by Crippen LogP contribution is -1.87. The maximum atomic E-state index is 8.57. The van der Waals surface area contributed by atoms with Gasteiger partial charge in [0, 0.05) is 0 Å². The van der Waals surface area contributed by atoms with E-state index < -0.39 is 0 Å². The number of rotatable bonds is 1. The zero-order valence-electron chi connectivity index (χ0n) is 6.54. The molecular formula is C10H10N. The summed E-state index contributed by atoms with van der Waals surface area (Å²) in [6.07, 6.45) is 0. The summed E-state index contributed by atoms with van der Waals surface area (Å²) in [5, 5.41) is 8.57. The van der Waals surface area contributed by atoms with Crippen LogP contribution in [0.15, 0.2) is 24.3 Å². The molecule has 1 atom stereocenters. The van der Waals surface area contributed by atoms with Crippen molar-refractivity contribution in [3.8, 4) is 6.07 Å². The van der Waals surface area contributed by atoms with Crippen LogP contribution in [0.4, 0.5) is 0 Å². The zero-order valence-corrected chi connectivity index (χ0v) is 6.54. The standard InChI is InChI=1S/C10H10N/c1-8(2)10-5-3-4-9(6-10)7-11/h3-6,8H,1H2,2H3. The minimum Gasteiger partial charge on any atom is -0.192 e. The molecule has 0 fully saturated rings. The first kappa shape index (κ1) is 7.81. The van der Waals surface area contributed by atoms with Gasteiger partial charge in [-0.1, -0.05) is 19.1 Å². The summed E-state index contributed by atoms with van der Waals surface area (Å²) in [5.41, 5.74) is 1.82. The molecule has 1 unspecified atom stereocenters. The van der Waals surface area contributed by atoms with Crippen molar-refractivity contribution >= 4 is 0 Å². The van der Waals surface area contributed by atoms with Gasteiger partial charge in [-0.25, -0.2) is 0 Å². The minimum absolute atomic E-state index is 0.253. The average Bonchev–Trinajstić information content (AvgIpc) is 2.05. The van der Waals surface area contributed by atoms with Crippen LogP contribution in [0.1, 0.15) is 24.0 Å². The fourth-order valence-electron chi connectivity index (χ4n) is 0.915. The van der Waals surface area contributed by atoms with Gasteiger partial charge >= 0.3 is 0 Å². The van der Waals surface area contributed by atoms with E-state index in [4.69, 9.17) is 5.26 Å². The Labute approximate surface area is 67.3 Å². The Morgan fingerprint density at radius 3 is 2.82 bits per heavy atom. The molecular weight excluding hydrogens is 134 g/mol. The molecule has 0 spiro atoms. The zero-order chi connectivity index (χ0) is 8.27. The fraction of sp³-hybridized carbons (Fsp3) is 0.200. The third-order valence-electron chi connectivity index (χ3n) is 1.58. The Hall–Kier alpha value is -1.29. The highest BCUT2D eigenvalue weighted by atomic mass is 14.2. The van der Waals surface area contributed by atoms with Crippen LogP contribution in [-0.2, 0) is 0 Å². The molecule has 1 aromatic rings. The van der Waals surface area contributed by atoms with E-state index in [1.165, 1.54) is 0 Å². The molecule has 0 aliphatic carbocycles. The van der Waals surface area contributed by atoms with Crippen molar-refractivity contribution in [2.75, 3.05) is 0 Å². The Kier molecular flexibility index (Phi) is 2.28. The first-order chi connectivity index (χ1) is 5.24. The predicted octanol–water partition coefficient (Wildman–Crippen LogP) is 2.50. The van der Waals surface area contributed by atoms with Crippen LogP contribution in [0.3, 0.4) is 0 Å². The monoisotopic (exact) mass is 144 g/mol. The molecule has 0 saturated carbocycles. The Morgan fingerprint density at radius 1 is 1.55 bits per heavy atom. The van der Waals surface area contributed by atoms with Crippen molar-refractivity contribution < 1.29 is 0 Å². The topological polar surface area (TPSA) is 23.8 Å². The number of hydrogen-bond donors (Lipinski definition) is 0. The number of nitriles is 1. The summed E-state index contributed by atoms with van der Waals surface area (Å²) >= 11 is 0. The quantitative estimate of drug-likeness (QED) is 0.594. The van der Waals surface area contributed by atoms with Gasteiger partial charge in [0.2, 0.25) is 0 Å². The Bertz CT molecular complexity index is 281. The van der Waals surface area contributed by atoms with Gasteiger partial charge in [-0.15, -0.1) is 0 Å². The molecule has 1 rings (SSSR count). The highest BCUT2D eigenvalue weighted by molar-refractivity contribution is 5.34. The largest absolute Gasteiger partial charge is 0.192 e. The molecule has 0 aliphatic rings. The first-order valence-corrected chi connectivity index (χ1v) is 3.57. The van der Waals surface area contributed by atoms with Crippen molar-refractivity contribution in [2.24, 2.45) is 0 Å². The predicted molar refractivity (Wildman–Crippen MR) is 44.9 cm³/mol. The summed E-state index contributed by atoms with van der Waals surface area (Å²) < 4.78 is 0. The van der Waals surface area contributed by atoms with Crippen molar-refractivity contribution in [3.63, 3.8) is 0 Å². The summed E-state index contributed by atoms with van der Waals surface area (Å²) in [7, 11) is 0. The lowest BCUT2D eigenvalue weighted by atomic mass is 10.0. The van der Waals surface area contributed by atoms with Gasteiger partial charge in [-0.05, 0) is 30.5 Å². The number of benzene rings is 1. The molecule has 0 aliphatic heterocycles. The Balaban J connectivity index is 3.03. The van der Waals surface area contributed by atoms with Gasteiger partial charge in [0.05, 0.1) is 11.6 Å². The SMILES string of the molecule is [CH2]C(C)c1cccc(C#N)c1. The van der Waals surface area contributed by atoms with Crippen LogP contribution in [0.2, 0.25) is 0 Å². The summed E-state index contributed by atoms with van der Waals surface area (Å²) in [6, 6.07) is 9.63. The van der Waals surface area contributed by atoms with Crippen LogP contribution in [0.5, 0.6) is 0 Å². The molecule has 11 heavy (non-hydrogen) atoms. The molecule has 0 saturated heterocycles. The van der Waals surface area contributed by atoms with Gasteiger partial charge in [0.15, 0.2) is 0 Å². The maximum Gasteiger partial charge on any atom is 0.0991 e. The van der Waals surface area contributed by atoms with Gasteiger partial charge in [-0.2, -0.15) is 5.26 Å². The number of hydrogen-bond acceptors (Lipinski definition) is 1. The molecule has 1 nitrogen and oxygen atoms in total. The molecule has 1 heteroatoms. The van der Waals surface area contributed by atoms with Crippen LogP contribution in [0, 0.1) is 18.3 Å². The third-order valence-corrected chi connectivity index (χ3v) is 1.58. The Morgan fingerprint density at radius 2 is 2.27 bits per heavy atom. The third kappa shape index (κ3) is 1.81. The van der Waals surface area contributed by atoms with E-state index >= 15 is 0 Å². The normalized spacial score (nSPS) is 9.64. The lowest BCUT2D eigenvalue weighted by Gasteiger charge is -2.03. The molecule has 0 bridgehead atoms. The minimum atomic E-state index is 0.253. The van der Waals surface area contributed by atoms with Gasteiger partial charge in [0.25, 0.3) is 0 Å². The van der Waals surface area contributed by atoms with Crippen molar-refractivity contribution in [3.05, 3.63) is 42.3 Å². The molecule has 1 radical (unpaired) electrons. The van der Waals surface area contributed by atoms with Gasteiger partial charge in [-0.3, -0.25) is 0 Å². The summed E-state index contributed by atoms with van der Waals surface area (Å²) in [5.74, 6) is 0.253. The highest BCUT2D eigenvalue weighted by Gasteiger charge is 1.98. The fourth-order valence-corrected chi connectivity index (χ4v) is 0.915. The average molecular weight is 144 g/mol. The summed E-state index contributed by atoms with van der Waals surface area (Å²) in [4.78, 5) is 0. The molecule has 1 aromatic carbocycles. The van der Waals surface area contributed by atoms with Crippen molar-refractivity contribution in [1.29, 1.82) is 5.26 Å². The van der Waals surface area contributed by atoms with E-state index in [2.05, 4.69) is 13.0 Å². The lowest BCUT2D eigenvalue weighted by molar-refractivity contribution is 0.963. The van der Waals surface area contributed by atoms with Crippen LogP contribution < -0.4 is 0 Å². The van der Waals surface area contributed by atoms with E-state index in [0.29, 0.717) is 5.56 Å². The molecule has 0 amide bonds. The van der Waals surface area contributed by atoms with Crippen LogP contribution in [0.25, 0.3) is 0 Å². The second-order valence-electron chi connectivity index (χ2n) is 2.64. The molecule has 0 aromatic heterocycles. The second kappa shape index (κ2) is 3.21.